The minimum Gasteiger partial charge on any atom is -0.497 e. The fourth-order valence-corrected chi connectivity index (χ4v) is 4.80. The molecule has 0 radical (unpaired) electrons. The summed E-state index contributed by atoms with van der Waals surface area (Å²) >= 11 is 0. The molecular weight excluding hydrogens is 485 g/mol. The average Bonchev–Trinajstić information content (AvgIpc) is 2.95. The molecule has 0 unspecified atom stereocenters. The number of amides is 1. The lowest BCUT2D eigenvalue weighted by molar-refractivity contribution is 0.0747. The van der Waals surface area contributed by atoms with Gasteiger partial charge in [-0.1, -0.05) is 30.3 Å². The minimum absolute atomic E-state index is 0. The topological polar surface area (TPSA) is 114 Å². The Hall–Kier alpha value is -4.68. The lowest BCUT2D eigenvalue weighted by Crippen LogP contribution is -2.49. The van der Waals surface area contributed by atoms with Gasteiger partial charge in [-0.25, -0.2) is 4.39 Å². The van der Waals surface area contributed by atoms with Gasteiger partial charge in [-0.05, 0) is 48.0 Å². The molecule has 4 aromatic rings. The van der Waals surface area contributed by atoms with Crippen molar-refractivity contribution in [3.63, 3.8) is 0 Å². The fourth-order valence-electron chi connectivity index (χ4n) is 4.80. The third kappa shape index (κ3) is 4.94. The summed E-state index contributed by atoms with van der Waals surface area (Å²) in [6, 6.07) is 22.6. The molecule has 0 spiro atoms. The summed E-state index contributed by atoms with van der Waals surface area (Å²) in [5.74, 6) is 0.271. The molecule has 1 amide bonds. The van der Waals surface area contributed by atoms with Gasteiger partial charge in [0, 0.05) is 37.1 Å². The number of aromatic nitrogens is 1. The third-order valence-corrected chi connectivity index (χ3v) is 6.73. The zero-order valence-corrected chi connectivity index (χ0v) is 21.1. The van der Waals surface area contributed by atoms with Gasteiger partial charge in [-0.15, -0.1) is 0 Å². The standard InChI is InChI=1S/C29H25FN4O3.H3N/c1-37-23-12-8-21(9-13-23)28(35)33-16-14-32(15-17-33)27-24-4-2-3-5-26(24)34(29(36)25(27)18-31)19-20-6-10-22(30)11-7-20;/h2-13H,14-17,19H2,1H3;1H3. The van der Waals surface area contributed by atoms with Crippen molar-refractivity contribution in [1.29, 1.82) is 5.26 Å². The summed E-state index contributed by atoms with van der Waals surface area (Å²) in [6.45, 7) is 2.12. The first-order valence-electron chi connectivity index (χ1n) is 12.0. The number of halogens is 1. The Bertz CT molecular complexity index is 1550. The number of methoxy groups -OCH3 is 1. The summed E-state index contributed by atoms with van der Waals surface area (Å²) in [7, 11) is 1.58. The highest BCUT2D eigenvalue weighted by Gasteiger charge is 2.27. The Morgan fingerprint density at radius 1 is 0.974 bits per heavy atom. The summed E-state index contributed by atoms with van der Waals surface area (Å²) in [4.78, 5) is 30.3. The van der Waals surface area contributed by atoms with Crippen LogP contribution in [0.4, 0.5) is 10.1 Å². The number of carbonyl (C=O) groups excluding carboxylic acids is 1. The Kier molecular flexibility index (Phi) is 7.74. The average molecular weight is 514 g/mol. The number of ether oxygens (including phenoxy) is 1. The monoisotopic (exact) mass is 513 g/mol. The predicted octanol–water partition coefficient (Wildman–Crippen LogP) is 4.19. The molecule has 1 saturated heterocycles. The van der Waals surface area contributed by atoms with Gasteiger partial charge in [0.05, 0.1) is 24.9 Å². The van der Waals surface area contributed by atoms with Crippen LogP contribution < -0.4 is 21.3 Å². The van der Waals surface area contributed by atoms with Gasteiger partial charge in [0.15, 0.2) is 0 Å². The van der Waals surface area contributed by atoms with Crippen LogP contribution in [-0.2, 0) is 6.54 Å². The number of benzene rings is 3. The molecule has 0 saturated carbocycles. The van der Waals surface area contributed by atoms with E-state index in [2.05, 4.69) is 6.07 Å². The minimum atomic E-state index is -0.391. The van der Waals surface area contributed by atoms with Crippen LogP contribution in [0.2, 0.25) is 0 Å². The Balaban J connectivity index is 0.00000336. The summed E-state index contributed by atoms with van der Waals surface area (Å²) in [5.41, 5.74) is 2.31. The van der Waals surface area contributed by atoms with Crippen molar-refractivity contribution in [1.82, 2.24) is 15.6 Å². The van der Waals surface area contributed by atoms with Crippen LogP contribution in [-0.4, -0.2) is 48.7 Å². The molecule has 194 valence electrons. The second kappa shape index (κ2) is 11.2. The van der Waals surface area contributed by atoms with E-state index in [-0.39, 0.29) is 30.0 Å². The molecule has 8 nitrogen and oxygen atoms in total. The second-order valence-corrected chi connectivity index (χ2v) is 8.88. The number of anilines is 1. The lowest BCUT2D eigenvalue weighted by atomic mass is 10.1. The number of piperazine rings is 1. The number of carbonyl (C=O) groups is 1. The third-order valence-electron chi connectivity index (χ3n) is 6.73. The van der Waals surface area contributed by atoms with E-state index in [4.69, 9.17) is 4.74 Å². The van der Waals surface area contributed by atoms with Crippen LogP contribution >= 0.6 is 0 Å². The number of rotatable bonds is 5. The van der Waals surface area contributed by atoms with Crippen LogP contribution in [0, 0.1) is 17.1 Å². The van der Waals surface area contributed by atoms with Gasteiger partial charge in [-0.3, -0.25) is 9.59 Å². The van der Waals surface area contributed by atoms with Gasteiger partial charge in [-0.2, -0.15) is 5.26 Å². The Morgan fingerprint density at radius 2 is 1.63 bits per heavy atom. The van der Waals surface area contributed by atoms with E-state index in [9.17, 15) is 19.2 Å². The van der Waals surface area contributed by atoms with E-state index in [1.165, 1.54) is 12.1 Å². The summed E-state index contributed by atoms with van der Waals surface area (Å²) in [6.07, 6.45) is 0. The smallest absolute Gasteiger partial charge is 0.271 e. The van der Waals surface area contributed by atoms with Crippen molar-refractivity contribution in [2.24, 2.45) is 0 Å². The quantitative estimate of drug-likeness (QED) is 0.428. The van der Waals surface area contributed by atoms with Crippen LogP contribution in [0.3, 0.4) is 0 Å². The molecule has 2 heterocycles. The van der Waals surface area contributed by atoms with Crippen molar-refractivity contribution in [2.45, 2.75) is 6.54 Å². The van der Waals surface area contributed by atoms with Crippen molar-refractivity contribution in [2.75, 3.05) is 38.2 Å². The normalized spacial score (nSPS) is 13.1. The fraction of sp³-hybridized carbons (Fsp3) is 0.207. The SMILES string of the molecule is COc1ccc(C(=O)N2CCN(c3c(C#N)c(=O)n(Cc4ccc(F)cc4)c4ccccc34)CC2)cc1.N. The van der Waals surface area contributed by atoms with E-state index >= 15 is 0 Å². The maximum atomic E-state index is 13.5. The second-order valence-electron chi connectivity index (χ2n) is 8.88. The number of hydrogen-bond donors (Lipinski definition) is 1. The molecule has 9 heteroatoms. The van der Waals surface area contributed by atoms with Crippen molar-refractivity contribution in [3.8, 4) is 11.8 Å². The highest BCUT2D eigenvalue weighted by atomic mass is 19.1. The molecule has 1 aliphatic heterocycles. The number of fused-ring (bicyclic) bond motifs is 1. The Morgan fingerprint density at radius 3 is 2.26 bits per heavy atom. The molecule has 38 heavy (non-hydrogen) atoms. The van der Waals surface area contributed by atoms with E-state index in [0.717, 1.165) is 10.9 Å². The molecule has 1 aromatic heterocycles. The Labute approximate surface area is 219 Å². The number of nitriles is 1. The van der Waals surface area contributed by atoms with Gasteiger partial charge in [0.1, 0.15) is 23.2 Å². The molecule has 5 rings (SSSR count). The first-order valence-corrected chi connectivity index (χ1v) is 12.0. The molecule has 1 fully saturated rings. The summed E-state index contributed by atoms with van der Waals surface area (Å²) < 4.78 is 20.1. The van der Waals surface area contributed by atoms with E-state index in [1.807, 2.05) is 29.2 Å². The first kappa shape index (κ1) is 26.4. The number of para-hydroxylation sites is 1. The van der Waals surface area contributed by atoms with Crippen molar-refractivity contribution < 1.29 is 13.9 Å². The predicted molar refractivity (Wildman–Crippen MR) is 145 cm³/mol. The van der Waals surface area contributed by atoms with E-state index in [1.54, 1.807) is 53.0 Å². The molecule has 0 atom stereocenters. The molecular formula is C29H28FN5O3. The number of nitrogens with zero attached hydrogens (tertiary/aromatic N) is 4. The number of hydrogen-bond acceptors (Lipinski definition) is 6. The van der Waals surface area contributed by atoms with Gasteiger partial charge >= 0.3 is 0 Å². The maximum absolute atomic E-state index is 13.5. The van der Waals surface area contributed by atoms with Gasteiger partial charge < -0.3 is 25.3 Å². The van der Waals surface area contributed by atoms with Gasteiger partial charge in [0.25, 0.3) is 11.5 Å². The van der Waals surface area contributed by atoms with Crippen LogP contribution in [0.25, 0.3) is 10.9 Å². The molecule has 0 bridgehead atoms. The maximum Gasteiger partial charge on any atom is 0.271 e. The van der Waals surface area contributed by atoms with Gasteiger partial charge in [0.2, 0.25) is 0 Å². The molecule has 0 aliphatic carbocycles. The van der Waals surface area contributed by atoms with Crippen molar-refractivity contribution in [3.05, 3.63) is 106 Å². The highest BCUT2D eigenvalue weighted by molar-refractivity contribution is 5.96. The zero-order chi connectivity index (χ0) is 25.9. The van der Waals surface area contributed by atoms with E-state index in [0.29, 0.717) is 48.7 Å². The number of pyridine rings is 1. The highest BCUT2D eigenvalue weighted by Crippen LogP contribution is 2.30. The van der Waals surface area contributed by atoms with Crippen LogP contribution in [0.1, 0.15) is 21.5 Å². The molecule has 3 aromatic carbocycles. The van der Waals surface area contributed by atoms with Crippen molar-refractivity contribution >= 4 is 22.5 Å². The zero-order valence-electron chi connectivity index (χ0n) is 21.1. The molecule has 3 N–H and O–H groups in total. The lowest BCUT2D eigenvalue weighted by Gasteiger charge is -2.37. The van der Waals surface area contributed by atoms with E-state index < -0.39 is 5.56 Å². The summed E-state index contributed by atoms with van der Waals surface area (Å²) in [5, 5.41) is 10.8. The largest absolute Gasteiger partial charge is 0.497 e. The molecule has 1 aliphatic rings. The van der Waals surface area contributed by atoms with Crippen LogP contribution in [0.5, 0.6) is 5.75 Å². The van der Waals surface area contributed by atoms with Crippen LogP contribution in [0.15, 0.2) is 77.6 Å². The first-order chi connectivity index (χ1) is 18.0.